The van der Waals surface area contributed by atoms with Crippen molar-refractivity contribution in [2.45, 2.75) is 57.9 Å². The van der Waals surface area contributed by atoms with Gasteiger partial charge in [0.1, 0.15) is 0 Å². The van der Waals surface area contributed by atoms with Gasteiger partial charge in [0.05, 0.1) is 0 Å². The van der Waals surface area contributed by atoms with E-state index in [0.29, 0.717) is 6.42 Å². The lowest BCUT2D eigenvalue weighted by Crippen LogP contribution is -2.33. The molecule has 1 aromatic heterocycles. The minimum absolute atomic E-state index is 0.0381. The minimum atomic E-state index is -0.184. The number of hydrogen-bond acceptors (Lipinski definition) is 3. The molecule has 1 heterocycles. The number of hydrogen-bond donors (Lipinski definition) is 2. The van der Waals surface area contributed by atoms with Gasteiger partial charge in [-0.05, 0) is 43.7 Å². The van der Waals surface area contributed by atoms with Crippen molar-refractivity contribution < 1.29 is 4.79 Å². The number of rotatable bonds is 5. The van der Waals surface area contributed by atoms with Gasteiger partial charge in [-0.1, -0.05) is 19.3 Å². The van der Waals surface area contributed by atoms with Crippen molar-refractivity contribution >= 4 is 17.2 Å². The van der Waals surface area contributed by atoms with Gasteiger partial charge < -0.3 is 11.5 Å². The zero-order valence-corrected chi connectivity index (χ0v) is 12.5. The van der Waals surface area contributed by atoms with Crippen LogP contribution in [0.3, 0.4) is 0 Å². The molecule has 4 N–H and O–H groups in total. The van der Waals surface area contributed by atoms with Crippen LogP contribution in [0.4, 0.5) is 0 Å². The molecule has 0 bridgehead atoms. The lowest BCUT2D eigenvalue weighted by molar-refractivity contribution is -0.121. The van der Waals surface area contributed by atoms with Gasteiger partial charge >= 0.3 is 0 Å². The lowest BCUT2D eigenvalue weighted by Gasteiger charge is -2.38. The Labute approximate surface area is 119 Å². The van der Waals surface area contributed by atoms with Gasteiger partial charge in [-0.2, -0.15) is 0 Å². The number of aryl methyl sites for hydroxylation is 1. The van der Waals surface area contributed by atoms with E-state index in [9.17, 15) is 4.79 Å². The molecular formula is C15H24N2OS. The first-order valence-electron chi connectivity index (χ1n) is 7.11. The van der Waals surface area contributed by atoms with Crippen LogP contribution in [0.1, 0.15) is 60.7 Å². The zero-order chi connectivity index (χ0) is 13.9. The number of primary amides is 1. The van der Waals surface area contributed by atoms with Gasteiger partial charge in [-0.15, -0.1) is 11.3 Å². The molecule has 1 atom stereocenters. The Balaban J connectivity index is 2.08. The molecule has 1 aliphatic carbocycles. The van der Waals surface area contributed by atoms with Gasteiger partial charge in [0.25, 0.3) is 0 Å². The summed E-state index contributed by atoms with van der Waals surface area (Å²) in [6.07, 6.45) is 7.23. The van der Waals surface area contributed by atoms with Crippen LogP contribution in [0.25, 0.3) is 0 Å². The Hall–Kier alpha value is -0.870. The Morgan fingerprint density at radius 2 is 2.05 bits per heavy atom. The summed E-state index contributed by atoms with van der Waals surface area (Å²) >= 11 is 1.76. The van der Waals surface area contributed by atoms with Crippen LogP contribution in [0.5, 0.6) is 0 Å². The molecule has 0 aliphatic heterocycles. The van der Waals surface area contributed by atoms with Gasteiger partial charge in [0.15, 0.2) is 0 Å². The maximum Gasteiger partial charge on any atom is 0.217 e. The molecule has 0 saturated heterocycles. The molecule has 3 nitrogen and oxygen atoms in total. The first-order chi connectivity index (χ1) is 9.01. The van der Waals surface area contributed by atoms with E-state index in [-0.39, 0.29) is 17.4 Å². The van der Waals surface area contributed by atoms with Crippen molar-refractivity contribution in [1.82, 2.24) is 0 Å². The molecule has 1 saturated carbocycles. The van der Waals surface area contributed by atoms with Crippen LogP contribution in [0, 0.1) is 12.3 Å². The number of carbonyl (C=O) groups excluding carboxylic acids is 1. The molecule has 1 unspecified atom stereocenters. The molecule has 0 spiro atoms. The molecule has 1 fully saturated rings. The molecule has 2 rings (SSSR count). The molecule has 1 aromatic rings. The van der Waals surface area contributed by atoms with Crippen molar-refractivity contribution in [2.75, 3.05) is 0 Å². The van der Waals surface area contributed by atoms with E-state index < -0.39 is 0 Å². The van der Waals surface area contributed by atoms with Crippen LogP contribution in [0.2, 0.25) is 0 Å². The van der Waals surface area contributed by atoms with Crippen LogP contribution in [-0.2, 0) is 4.79 Å². The summed E-state index contributed by atoms with van der Waals surface area (Å²) in [4.78, 5) is 13.9. The molecule has 19 heavy (non-hydrogen) atoms. The summed E-state index contributed by atoms with van der Waals surface area (Å²) in [6.45, 7) is 2.10. The molecule has 106 valence electrons. The van der Waals surface area contributed by atoms with Gasteiger partial charge in [-0.25, -0.2) is 0 Å². The highest BCUT2D eigenvalue weighted by atomic mass is 32.1. The fourth-order valence-electron chi connectivity index (χ4n) is 3.34. The standard InChI is InChI=1S/C15H24N2OS/c1-11-5-6-13(19-11)12(16)9-15(10-14(17)18)7-3-2-4-8-15/h5-6,12H,2-4,7-10,16H2,1H3,(H2,17,18). The van der Waals surface area contributed by atoms with E-state index in [2.05, 4.69) is 19.1 Å². The van der Waals surface area contributed by atoms with E-state index in [1.54, 1.807) is 11.3 Å². The average molecular weight is 280 g/mol. The quantitative estimate of drug-likeness (QED) is 0.869. The number of thiophene rings is 1. The zero-order valence-electron chi connectivity index (χ0n) is 11.7. The first-order valence-corrected chi connectivity index (χ1v) is 7.93. The molecule has 1 amide bonds. The second-order valence-corrected chi connectivity index (χ2v) is 7.28. The Morgan fingerprint density at radius 1 is 1.37 bits per heavy atom. The van der Waals surface area contributed by atoms with E-state index in [1.165, 1.54) is 29.0 Å². The monoisotopic (exact) mass is 280 g/mol. The lowest BCUT2D eigenvalue weighted by atomic mass is 9.68. The second-order valence-electron chi connectivity index (χ2n) is 5.96. The smallest absolute Gasteiger partial charge is 0.217 e. The number of nitrogens with two attached hydrogens (primary N) is 2. The number of carbonyl (C=O) groups is 1. The summed E-state index contributed by atoms with van der Waals surface area (Å²) in [5.74, 6) is -0.184. The number of amides is 1. The molecule has 0 aromatic carbocycles. The van der Waals surface area contributed by atoms with Crippen molar-refractivity contribution in [3.8, 4) is 0 Å². The van der Waals surface area contributed by atoms with Gasteiger partial charge in [0, 0.05) is 22.2 Å². The predicted molar refractivity (Wildman–Crippen MR) is 79.9 cm³/mol. The van der Waals surface area contributed by atoms with E-state index in [4.69, 9.17) is 11.5 Å². The fraction of sp³-hybridized carbons (Fsp3) is 0.667. The van der Waals surface area contributed by atoms with E-state index in [0.717, 1.165) is 19.3 Å². The molecule has 0 radical (unpaired) electrons. The van der Waals surface area contributed by atoms with Crippen LogP contribution < -0.4 is 11.5 Å². The maximum absolute atomic E-state index is 11.4. The van der Waals surface area contributed by atoms with Gasteiger partial charge in [0.2, 0.25) is 5.91 Å². The third kappa shape index (κ3) is 3.80. The van der Waals surface area contributed by atoms with E-state index in [1.807, 2.05) is 0 Å². The fourth-order valence-corrected chi connectivity index (χ4v) is 4.22. The summed E-state index contributed by atoms with van der Waals surface area (Å²) < 4.78 is 0. The van der Waals surface area contributed by atoms with Crippen molar-refractivity contribution in [2.24, 2.45) is 16.9 Å². The van der Waals surface area contributed by atoms with Crippen molar-refractivity contribution in [3.05, 3.63) is 21.9 Å². The average Bonchev–Trinajstić information content (AvgIpc) is 2.76. The highest BCUT2D eigenvalue weighted by Gasteiger charge is 2.35. The normalized spacial score (nSPS) is 20.1. The first kappa shape index (κ1) is 14.5. The summed E-state index contributed by atoms with van der Waals surface area (Å²) in [5, 5.41) is 0. The summed E-state index contributed by atoms with van der Waals surface area (Å²) in [5.41, 5.74) is 11.9. The van der Waals surface area contributed by atoms with Crippen LogP contribution in [-0.4, -0.2) is 5.91 Å². The Kier molecular flexibility index (Phi) is 4.63. The summed E-state index contributed by atoms with van der Waals surface area (Å²) in [7, 11) is 0. The largest absolute Gasteiger partial charge is 0.370 e. The Bertz CT molecular complexity index is 435. The molecule has 1 aliphatic rings. The second kappa shape index (κ2) is 6.06. The third-order valence-corrected chi connectivity index (χ3v) is 5.38. The summed E-state index contributed by atoms with van der Waals surface area (Å²) in [6, 6.07) is 4.27. The van der Waals surface area contributed by atoms with Crippen molar-refractivity contribution in [3.63, 3.8) is 0 Å². The van der Waals surface area contributed by atoms with Gasteiger partial charge in [-0.3, -0.25) is 4.79 Å². The Morgan fingerprint density at radius 3 is 2.58 bits per heavy atom. The van der Waals surface area contributed by atoms with Crippen LogP contribution >= 0.6 is 11.3 Å². The van der Waals surface area contributed by atoms with E-state index >= 15 is 0 Å². The molecular weight excluding hydrogens is 256 g/mol. The van der Waals surface area contributed by atoms with Crippen molar-refractivity contribution in [1.29, 1.82) is 0 Å². The SMILES string of the molecule is Cc1ccc(C(N)CC2(CC(N)=O)CCCCC2)s1. The maximum atomic E-state index is 11.4. The highest BCUT2D eigenvalue weighted by Crippen LogP contribution is 2.45. The predicted octanol–water partition coefficient (Wildman–Crippen LogP) is 3.27. The van der Waals surface area contributed by atoms with Crippen LogP contribution in [0.15, 0.2) is 12.1 Å². The minimum Gasteiger partial charge on any atom is -0.370 e. The topological polar surface area (TPSA) is 69.1 Å². The third-order valence-electron chi connectivity index (χ3n) is 4.24. The highest BCUT2D eigenvalue weighted by molar-refractivity contribution is 7.12. The molecule has 4 heteroatoms.